The van der Waals surface area contributed by atoms with E-state index in [0.29, 0.717) is 9.75 Å². The van der Waals surface area contributed by atoms with E-state index < -0.39 is 47.5 Å². The lowest BCUT2D eigenvalue weighted by Gasteiger charge is -2.21. The Morgan fingerprint density at radius 1 is 0.744 bits per heavy atom. The van der Waals surface area contributed by atoms with Crippen LogP contribution in [0.1, 0.15) is 32.2 Å². The van der Waals surface area contributed by atoms with Crippen molar-refractivity contribution >= 4 is 78.3 Å². The van der Waals surface area contributed by atoms with Crippen molar-refractivity contribution in [3.8, 4) is 0 Å². The lowest BCUT2D eigenvalue weighted by Crippen LogP contribution is -2.56. The van der Waals surface area contributed by atoms with Gasteiger partial charge in [-0.05, 0) is 41.5 Å². The van der Waals surface area contributed by atoms with Gasteiger partial charge in [0, 0.05) is 29.4 Å². The monoisotopic (exact) mass is 622 g/mol. The summed E-state index contributed by atoms with van der Waals surface area (Å²) in [7, 11) is 1.41. The zero-order chi connectivity index (χ0) is 30.9. The van der Waals surface area contributed by atoms with Crippen LogP contribution >= 0.6 is 22.7 Å². The van der Waals surface area contributed by atoms with Gasteiger partial charge in [0.15, 0.2) is 0 Å². The van der Waals surface area contributed by atoms with E-state index in [0.717, 1.165) is 20.2 Å². The zero-order valence-electron chi connectivity index (χ0n) is 23.1. The fourth-order valence-electron chi connectivity index (χ4n) is 4.12. The summed E-state index contributed by atoms with van der Waals surface area (Å²) < 4.78 is 1.78. The minimum absolute atomic E-state index is 0.0838. The van der Waals surface area contributed by atoms with Gasteiger partial charge in [0.2, 0.25) is 23.6 Å². The molecule has 0 radical (unpaired) electrons. The molecule has 0 spiro atoms. The molecule has 2 aromatic carbocycles. The molecule has 7 N–H and O–H groups in total. The number of hydrogen-bond donors (Lipinski definition) is 6. The van der Waals surface area contributed by atoms with Gasteiger partial charge in [-0.15, -0.1) is 22.7 Å². The number of benzene rings is 2. The molecule has 2 heterocycles. The summed E-state index contributed by atoms with van der Waals surface area (Å²) in [5.41, 5.74) is 5.29. The molecule has 4 aromatic rings. The Labute approximate surface area is 254 Å². The van der Waals surface area contributed by atoms with Crippen molar-refractivity contribution in [2.45, 2.75) is 24.9 Å². The Morgan fingerprint density at radius 2 is 1.26 bits per heavy atom. The molecule has 0 saturated heterocycles. The molecule has 0 unspecified atom stereocenters. The summed E-state index contributed by atoms with van der Waals surface area (Å²) in [4.78, 5) is 76.2. The first-order valence-corrected chi connectivity index (χ1v) is 14.9. The number of rotatable bonds is 13. The highest BCUT2D eigenvalue weighted by Crippen LogP contribution is 2.26. The molecule has 0 aliphatic rings. The summed E-state index contributed by atoms with van der Waals surface area (Å²) >= 11 is 2.49. The van der Waals surface area contributed by atoms with Gasteiger partial charge in [-0.1, -0.05) is 36.4 Å². The number of carbonyl (C=O) groups is 6. The number of nitrogens with two attached hydrogens (primary N) is 1. The highest BCUT2D eigenvalue weighted by Gasteiger charge is 2.27. The second-order valence-electron chi connectivity index (χ2n) is 9.49. The highest BCUT2D eigenvalue weighted by molar-refractivity contribution is 7.21. The molecule has 14 heteroatoms. The summed E-state index contributed by atoms with van der Waals surface area (Å²) in [5, 5.41) is 14.4. The second kappa shape index (κ2) is 14.4. The van der Waals surface area contributed by atoms with E-state index >= 15 is 0 Å². The van der Waals surface area contributed by atoms with Crippen molar-refractivity contribution < 1.29 is 28.8 Å². The van der Waals surface area contributed by atoms with E-state index in [2.05, 4.69) is 26.6 Å². The van der Waals surface area contributed by atoms with Crippen LogP contribution in [-0.4, -0.2) is 67.7 Å². The SMILES string of the molecule is CNC(=O)CNC(=O)[C@@H](CNC(=O)[C@H](CCC(N)=O)NC(=O)c1cc2ccccc2s1)NC(=O)c1cc2ccccc2s1. The molecule has 6 amide bonds. The minimum Gasteiger partial charge on any atom is -0.370 e. The molecular formula is C29H30N6O6S2. The molecule has 0 aliphatic carbocycles. The fraction of sp³-hybridized carbons (Fsp3) is 0.241. The second-order valence-corrected chi connectivity index (χ2v) is 11.7. The molecule has 0 aliphatic heterocycles. The number of hydrogen-bond acceptors (Lipinski definition) is 8. The third-order valence-corrected chi connectivity index (χ3v) is 8.63. The van der Waals surface area contributed by atoms with Gasteiger partial charge in [-0.2, -0.15) is 0 Å². The lowest BCUT2D eigenvalue weighted by molar-refractivity contribution is -0.127. The predicted molar refractivity (Wildman–Crippen MR) is 165 cm³/mol. The zero-order valence-corrected chi connectivity index (χ0v) is 24.7. The smallest absolute Gasteiger partial charge is 0.262 e. The van der Waals surface area contributed by atoms with Crippen molar-refractivity contribution in [2.24, 2.45) is 5.73 Å². The molecule has 2 aromatic heterocycles. The molecule has 43 heavy (non-hydrogen) atoms. The van der Waals surface area contributed by atoms with Crippen molar-refractivity contribution in [1.29, 1.82) is 0 Å². The number of nitrogens with one attached hydrogen (secondary N) is 5. The van der Waals surface area contributed by atoms with Crippen LogP contribution in [0.2, 0.25) is 0 Å². The van der Waals surface area contributed by atoms with E-state index in [1.807, 2.05) is 48.5 Å². The topological polar surface area (TPSA) is 189 Å². The summed E-state index contributed by atoms with van der Waals surface area (Å²) in [6, 6.07) is 15.8. The van der Waals surface area contributed by atoms with E-state index in [4.69, 9.17) is 5.73 Å². The third-order valence-electron chi connectivity index (χ3n) is 6.40. The Morgan fingerprint density at radius 3 is 1.77 bits per heavy atom. The van der Waals surface area contributed by atoms with Crippen LogP contribution in [0.4, 0.5) is 0 Å². The van der Waals surface area contributed by atoms with Crippen LogP contribution in [0.25, 0.3) is 20.2 Å². The van der Waals surface area contributed by atoms with Crippen LogP contribution in [0.5, 0.6) is 0 Å². The van der Waals surface area contributed by atoms with Crippen LogP contribution in [0.15, 0.2) is 60.7 Å². The maximum Gasteiger partial charge on any atom is 0.262 e. The van der Waals surface area contributed by atoms with Crippen molar-refractivity contribution in [2.75, 3.05) is 20.1 Å². The standard InChI is InChI=1S/C29H30N6O6S2/c1-31-25(37)15-33-27(39)19(35-29(41)23-13-17-7-3-5-9-21(17)43-23)14-32-26(38)18(10-11-24(30)36)34-28(40)22-12-16-6-2-4-8-20(16)42-22/h2-9,12-13,18-19H,10-11,14-15H2,1H3,(H2,30,36)(H,31,37)(H,32,38)(H,33,39)(H,34,40)(H,35,41)/t18-,19+/m0/s1. The molecule has 0 fully saturated rings. The summed E-state index contributed by atoms with van der Waals surface area (Å²) in [5.74, 6) is -3.56. The molecule has 12 nitrogen and oxygen atoms in total. The average molecular weight is 623 g/mol. The van der Waals surface area contributed by atoms with Crippen molar-refractivity contribution in [1.82, 2.24) is 26.6 Å². The largest absolute Gasteiger partial charge is 0.370 e. The van der Waals surface area contributed by atoms with E-state index in [1.165, 1.54) is 29.7 Å². The minimum atomic E-state index is -1.26. The Bertz CT molecular complexity index is 1620. The van der Waals surface area contributed by atoms with Gasteiger partial charge < -0.3 is 32.3 Å². The molecular weight excluding hydrogens is 592 g/mol. The molecule has 0 saturated carbocycles. The Balaban J connectivity index is 1.47. The number of thiophene rings is 2. The quantitative estimate of drug-likeness (QED) is 0.130. The van der Waals surface area contributed by atoms with Crippen LogP contribution < -0.4 is 32.3 Å². The van der Waals surface area contributed by atoms with Gasteiger partial charge in [0.25, 0.3) is 11.8 Å². The first kappa shape index (κ1) is 31.1. The van der Waals surface area contributed by atoms with E-state index in [1.54, 1.807) is 12.1 Å². The van der Waals surface area contributed by atoms with E-state index in [-0.39, 0.29) is 25.9 Å². The Hall–Kier alpha value is -4.82. The number of primary amides is 1. The average Bonchev–Trinajstić information content (AvgIpc) is 3.64. The van der Waals surface area contributed by atoms with Crippen molar-refractivity contribution in [3.05, 3.63) is 70.4 Å². The fourth-order valence-corrected chi connectivity index (χ4v) is 6.05. The van der Waals surface area contributed by atoms with Gasteiger partial charge >= 0.3 is 0 Å². The van der Waals surface area contributed by atoms with Gasteiger partial charge in [-0.3, -0.25) is 28.8 Å². The predicted octanol–water partition coefficient (Wildman–Crippen LogP) is 1.26. The van der Waals surface area contributed by atoms with Gasteiger partial charge in [0.1, 0.15) is 12.1 Å². The van der Waals surface area contributed by atoms with Crippen LogP contribution in [0.3, 0.4) is 0 Å². The molecule has 0 bridgehead atoms. The first-order chi connectivity index (χ1) is 20.6. The third kappa shape index (κ3) is 8.36. The lowest BCUT2D eigenvalue weighted by atomic mass is 10.1. The molecule has 2 atom stereocenters. The highest BCUT2D eigenvalue weighted by atomic mass is 32.1. The summed E-state index contributed by atoms with van der Waals surface area (Å²) in [6.45, 7) is -0.703. The van der Waals surface area contributed by atoms with E-state index in [9.17, 15) is 28.8 Å². The van der Waals surface area contributed by atoms with Crippen LogP contribution in [0, 0.1) is 0 Å². The number of likely N-dealkylation sites (N-methyl/N-ethyl adjacent to an activating group) is 1. The first-order valence-electron chi connectivity index (χ1n) is 13.3. The summed E-state index contributed by atoms with van der Waals surface area (Å²) in [6.07, 6.45) is -0.261. The maximum atomic E-state index is 13.2. The van der Waals surface area contributed by atoms with Crippen LogP contribution in [-0.2, 0) is 19.2 Å². The van der Waals surface area contributed by atoms with Crippen molar-refractivity contribution in [3.63, 3.8) is 0 Å². The molecule has 224 valence electrons. The number of carbonyl (C=O) groups excluding carboxylic acids is 6. The number of fused-ring (bicyclic) bond motifs is 2. The van der Waals surface area contributed by atoms with Gasteiger partial charge in [-0.25, -0.2) is 0 Å². The Kier molecular flexibility index (Phi) is 10.4. The molecule has 4 rings (SSSR count). The normalized spacial score (nSPS) is 12.2. The number of amides is 6. The van der Waals surface area contributed by atoms with Gasteiger partial charge in [0.05, 0.1) is 16.3 Å². The maximum absolute atomic E-state index is 13.2.